The average Bonchev–Trinajstić information content (AvgIpc) is 2.72. The van der Waals surface area contributed by atoms with Crippen LogP contribution in [-0.4, -0.2) is 16.9 Å². The molecule has 0 fully saturated rings. The van der Waals surface area contributed by atoms with Gasteiger partial charge in [-0.15, -0.1) is 0 Å². The van der Waals surface area contributed by atoms with Gasteiger partial charge in [-0.05, 0) is 17.2 Å². The molecule has 1 aromatic carbocycles. The summed E-state index contributed by atoms with van der Waals surface area (Å²) < 4.78 is 5.16. The van der Waals surface area contributed by atoms with E-state index in [4.69, 9.17) is 9.84 Å². The molecule has 1 unspecified atom stereocenters. The Labute approximate surface area is 115 Å². The second kappa shape index (κ2) is 4.81. The van der Waals surface area contributed by atoms with E-state index >= 15 is 0 Å². The summed E-state index contributed by atoms with van der Waals surface area (Å²) in [5.41, 5.74) is 2.61. The summed E-state index contributed by atoms with van der Waals surface area (Å²) >= 11 is 0. The van der Waals surface area contributed by atoms with Crippen molar-refractivity contribution in [3.8, 4) is 0 Å². The Bertz CT molecular complexity index is 665. The van der Waals surface area contributed by atoms with E-state index in [2.05, 4.69) is 0 Å². The third-order valence-electron chi connectivity index (χ3n) is 3.48. The van der Waals surface area contributed by atoms with E-state index in [1.807, 2.05) is 30.3 Å². The lowest BCUT2D eigenvalue weighted by molar-refractivity contribution is -0.137. The topological polar surface area (TPSA) is 63.6 Å². The number of carboxylic acid groups (broad SMARTS) is 1. The van der Waals surface area contributed by atoms with Crippen molar-refractivity contribution in [1.29, 1.82) is 0 Å². The molecule has 100 valence electrons. The van der Waals surface area contributed by atoms with Crippen LogP contribution in [0, 0.1) is 0 Å². The van der Waals surface area contributed by atoms with Crippen molar-refractivity contribution in [1.82, 2.24) is 0 Å². The fourth-order valence-electron chi connectivity index (χ4n) is 2.64. The number of ether oxygens (including phenoxy) is 1. The fourth-order valence-corrected chi connectivity index (χ4v) is 2.64. The van der Waals surface area contributed by atoms with Crippen LogP contribution in [0.25, 0.3) is 0 Å². The SMILES string of the molecule is O=C(O)CC1=C2C=COC=C2C(c2ccccc2)C1=O. The molecule has 0 spiro atoms. The van der Waals surface area contributed by atoms with Gasteiger partial charge in [0.1, 0.15) is 0 Å². The zero-order valence-corrected chi connectivity index (χ0v) is 10.6. The Morgan fingerprint density at radius 3 is 2.70 bits per heavy atom. The van der Waals surface area contributed by atoms with Crippen LogP contribution in [0.3, 0.4) is 0 Å². The van der Waals surface area contributed by atoms with Crippen LogP contribution >= 0.6 is 0 Å². The van der Waals surface area contributed by atoms with Crippen LogP contribution in [-0.2, 0) is 14.3 Å². The van der Waals surface area contributed by atoms with Gasteiger partial charge in [0.2, 0.25) is 0 Å². The van der Waals surface area contributed by atoms with Gasteiger partial charge < -0.3 is 9.84 Å². The lowest BCUT2D eigenvalue weighted by Gasteiger charge is -2.14. The van der Waals surface area contributed by atoms with Crippen molar-refractivity contribution in [2.45, 2.75) is 12.3 Å². The normalized spacial score (nSPS) is 20.5. The molecule has 4 nitrogen and oxygen atoms in total. The minimum absolute atomic E-state index is 0.157. The molecule has 0 radical (unpaired) electrons. The largest absolute Gasteiger partial charge is 0.481 e. The molecule has 1 aliphatic heterocycles. The molecular formula is C16H12O4. The number of hydrogen-bond acceptors (Lipinski definition) is 3. The van der Waals surface area contributed by atoms with E-state index < -0.39 is 11.9 Å². The lowest BCUT2D eigenvalue weighted by Crippen LogP contribution is -2.12. The van der Waals surface area contributed by atoms with Gasteiger partial charge in [0.15, 0.2) is 5.78 Å². The molecule has 1 aromatic rings. The zero-order valence-electron chi connectivity index (χ0n) is 10.6. The summed E-state index contributed by atoms with van der Waals surface area (Å²) in [5.74, 6) is -1.63. The Morgan fingerprint density at radius 2 is 2.00 bits per heavy atom. The number of benzene rings is 1. The fraction of sp³-hybridized carbons (Fsp3) is 0.125. The lowest BCUT2D eigenvalue weighted by atomic mass is 9.90. The number of aliphatic carboxylic acids is 1. The minimum Gasteiger partial charge on any atom is -0.481 e. The van der Waals surface area contributed by atoms with Crippen LogP contribution in [0.2, 0.25) is 0 Å². The summed E-state index contributed by atoms with van der Waals surface area (Å²) in [6.45, 7) is 0. The van der Waals surface area contributed by atoms with Gasteiger partial charge in [0, 0.05) is 11.1 Å². The molecule has 1 atom stereocenters. The molecule has 2 aliphatic rings. The molecule has 0 aromatic heterocycles. The molecule has 1 heterocycles. The number of carbonyl (C=O) groups excluding carboxylic acids is 1. The minimum atomic E-state index is -1.01. The zero-order chi connectivity index (χ0) is 14.1. The van der Waals surface area contributed by atoms with Gasteiger partial charge in [0.25, 0.3) is 0 Å². The van der Waals surface area contributed by atoms with Gasteiger partial charge in [-0.25, -0.2) is 0 Å². The Kier molecular flexibility index (Phi) is 2.99. The van der Waals surface area contributed by atoms with E-state index in [1.165, 1.54) is 12.5 Å². The standard InChI is InChI=1S/C16H12O4/c17-14(18)8-12-11-6-7-20-9-13(11)15(16(12)19)10-4-2-1-3-5-10/h1-7,9,15H,8H2,(H,17,18). The van der Waals surface area contributed by atoms with E-state index in [-0.39, 0.29) is 12.2 Å². The van der Waals surface area contributed by atoms with Gasteiger partial charge in [0.05, 0.1) is 24.9 Å². The monoisotopic (exact) mass is 268 g/mol. The predicted molar refractivity (Wildman–Crippen MR) is 71.8 cm³/mol. The van der Waals surface area contributed by atoms with Gasteiger partial charge >= 0.3 is 5.97 Å². The summed E-state index contributed by atoms with van der Waals surface area (Å²) in [4.78, 5) is 23.5. The molecule has 1 aliphatic carbocycles. The van der Waals surface area contributed by atoms with Crippen molar-refractivity contribution in [2.75, 3.05) is 0 Å². The van der Waals surface area contributed by atoms with Crippen molar-refractivity contribution in [3.05, 3.63) is 71.2 Å². The number of fused-ring (bicyclic) bond motifs is 1. The number of hydrogen-bond donors (Lipinski definition) is 1. The third-order valence-corrected chi connectivity index (χ3v) is 3.48. The second-order valence-corrected chi connectivity index (χ2v) is 4.68. The third kappa shape index (κ3) is 1.95. The van der Waals surface area contributed by atoms with Crippen molar-refractivity contribution < 1.29 is 19.4 Å². The van der Waals surface area contributed by atoms with E-state index in [1.54, 1.807) is 6.08 Å². The Morgan fingerprint density at radius 1 is 1.25 bits per heavy atom. The highest BCUT2D eigenvalue weighted by Gasteiger charge is 2.39. The van der Waals surface area contributed by atoms with E-state index in [0.29, 0.717) is 11.1 Å². The molecular weight excluding hydrogens is 256 g/mol. The first-order chi connectivity index (χ1) is 9.68. The quantitative estimate of drug-likeness (QED) is 0.915. The van der Waals surface area contributed by atoms with Crippen molar-refractivity contribution >= 4 is 11.8 Å². The number of Topliss-reactive ketones (excluding diaryl/α,β-unsaturated/α-hetero) is 1. The highest BCUT2D eigenvalue weighted by atomic mass is 16.5. The number of rotatable bonds is 3. The molecule has 3 rings (SSSR count). The van der Waals surface area contributed by atoms with Crippen LogP contribution in [0.15, 0.2) is 65.7 Å². The number of carboxylic acids is 1. The van der Waals surface area contributed by atoms with Crippen molar-refractivity contribution in [2.24, 2.45) is 0 Å². The van der Waals surface area contributed by atoms with Crippen LogP contribution in [0.1, 0.15) is 17.9 Å². The predicted octanol–water partition coefficient (Wildman–Crippen LogP) is 2.55. The maximum absolute atomic E-state index is 12.6. The number of carbonyl (C=O) groups is 2. The smallest absolute Gasteiger partial charge is 0.307 e. The molecule has 0 amide bonds. The molecule has 20 heavy (non-hydrogen) atoms. The number of allylic oxidation sites excluding steroid dienone is 3. The molecule has 0 saturated carbocycles. The highest BCUT2D eigenvalue weighted by molar-refractivity contribution is 6.11. The first-order valence-corrected chi connectivity index (χ1v) is 6.25. The highest BCUT2D eigenvalue weighted by Crippen LogP contribution is 2.43. The molecule has 1 N–H and O–H groups in total. The maximum Gasteiger partial charge on any atom is 0.307 e. The Hall–Kier alpha value is -2.62. The first-order valence-electron chi connectivity index (χ1n) is 6.25. The van der Waals surface area contributed by atoms with Crippen molar-refractivity contribution in [3.63, 3.8) is 0 Å². The maximum atomic E-state index is 12.6. The van der Waals surface area contributed by atoms with Gasteiger partial charge in [-0.2, -0.15) is 0 Å². The molecule has 0 saturated heterocycles. The van der Waals surface area contributed by atoms with E-state index in [9.17, 15) is 9.59 Å². The van der Waals surface area contributed by atoms with Gasteiger partial charge in [-0.3, -0.25) is 9.59 Å². The first kappa shape index (κ1) is 12.4. The molecule has 0 bridgehead atoms. The Balaban J connectivity index is 2.07. The van der Waals surface area contributed by atoms with E-state index in [0.717, 1.165) is 11.1 Å². The number of ketones is 1. The summed E-state index contributed by atoms with van der Waals surface area (Å²) in [7, 11) is 0. The summed E-state index contributed by atoms with van der Waals surface area (Å²) in [5, 5.41) is 8.98. The molecule has 4 heteroatoms. The summed E-state index contributed by atoms with van der Waals surface area (Å²) in [6, 6.07) is 9.32. The summed E-state index contributed by atoms with van der Waals surface area (Å²) in [6.07, 6.45) is 4.38. The second-order valence-electron chi connectivity index (χ2n) is 4.68. The average molecular weight is 268 g/mol. The van der Waals surface area contributed by atoms with Crippen LogP contribution in [0.5, 0.6) is 0 Å². The van der Waals surface area contributed by atoms with Gasteiger partial charge in [-0.1, -0.05) is 30.3 Å². The van der Waals surface area contributed by atoms with Crippen LogP contribution < -0.4 is 0 Å². The van der Waals surface area contributed by atoms with Crippen LogP contribution in [0.4, 0.5) is 0 Å².